The molecule has 0 atom stereocenters. The number of benzene rings is 1. The summed E-state index contributed by atoms with van der Waals surface area (Å²) in [6.45, 7) is 5.78. The first kappa shape index (κ1) is 21.2. The Morgan fingerprint density at radius 1 is 1.38 bits per heavy atom. The molecule has 1 amide bonds. The topological polar surface area (TPSA) is 101 Å². The second-order valence-electron chi connectivity index (χ2n) is 6.10. The van der Waals surface area contributed by atoms with Crippen LogP contribution in [0, 0.1) is 32.1 Å². The van der Waals surface area contributed by atoms with E-state index in [-0.39, 0.29) is 23.5 Å². The van der Waals surface area contributed by atoms with E-state index in [1.165, 1.54) is 11.3 Å². The van der Waals surface area contributed by atoms with Gasteiger partial charge >= 0.3 is 0 Å². The number of nitrogens with zero attached hydrogens (tertiary/aromatic N) is 3. The van der Waals surface area contributed by atoms with Crippen LogP contribution in [0.2, 0.25) is 5.02 Å². The van der Waals surface area contributed by atoms with Gasteiger partial charge in [0, 0.05) is 9.90 Å². The van der Waals surface area contributed by atoms with Crippen molar-refractivity contribution in [3.63, 3.8) is 0 Å². The molecule has 0 bridgehead atoms. The van der Waals surface area contributed by atoms with Crippen molar-refractivity contribution in [2.75, 3.05) is 11.1 Å². The van der Waals surface area contributed by atoms with Crippen LogP contribution < -0.4 is 10.1 Å². The molecule has 0 spiro atoms. The van der Waals surface area contributed by atoms with Crippen LogP contribution in [0.1, 0.15) is 27.5 Å². The monoisotopic (exact) mass is 448 g/mol. The standard InChI is InChI=1S/C19H17ClN4O3S2/c1-10-6-13(4-5-15(10)20)26-8-17-23-24-19(27-17)28-9-16(25)22-18-14(7-21)11(2)12(3)29-18/h4-6H,8-9H2,1-3H3,(H,22,25). The largest absolute Gasteiger partial charge is 0.484 e. The predicted octanol–water partition coefficient (Wildman–Crippen LogP) is 4.89. The van der Waals surface area contributed by atoms with Crippen LogP contribution in [0.3, 0.4) is 0 Å². The van der Waals surface area contributed by atoms with E-state index in [0.717, 1.165) is 27.8 Å². The highest BCUT2D eigenvalue weighted by molar-refractivity contribution is 7.99. The molecular weight excluding hydrogens is 432 g/mol. The Bertz CT molecular complexity index is 1090. The zero-order valence-corrected chi connectivity index (χ0v) is 18.3. The second kappa shape index (κ2) is 9.31. The molecule has 0 unspecified atom stereocenters. The van der Waals surface area contributed by atoms with Gasteiger partial charge in [0.15, 0.2) is 6.61 Å². The van der Waals surface area contributed by atoms with Crippen molar-refractivity contribution in [2.45, 2.75) is 32.6 Å². The fraction of sp³-hybridized carbons (Fsp3) is 0.263. The first-order valence-electron chi connectivity index (χ1n) is 8.51. The number of carbonyl (C=O) groups excluding carboxylic acids is 1. The normalized spacial score (nSPS) is 10.6. The number of ether oxygens (including phenoxy) is 1. The summed E-state index contributed by atoms with van der Waals surface area (Å²) in [5, 5.41) is 21.3. The van der Waals surface area contributed by atoms with E-state index < -0.39 is 0 Å². The summed E-state index contributed by atoms with van der Waals surface area (Å²) >= 11 is 8.49. The Balaban J connectivity index is 1.51. The molecule has 29 heavy (non-hydrogen) atoms. The van der Waals surface area contributed by atoms with Gasteiger partial charge < -0.3 is 14.5 Å². The number of hydrogen-bond acceptors (Lipinski definition) is 8. The smallest absolute Gasteiger partial charge is 0.277 e. The Labute approximate surface area is 181 Å². The number of halogens is 1. The molecule has 0 saturated heterocycles. The Kier molecular flexibility index (Phi) is 6.79. The maximum Gasteiger partial charge on any atom is 0.277 e. The number of amides is 1. The van der Waals surface area contributed by atoms with Crippen LogP contribution in [-0.2, 0) is 11.4 Å². The number of carbonyl (C=O) groups is 1. The van der Waals surface area contributed by atoms with Crippen molar-refractivity contribution >= 4 is 45.6 Å². The Morgan fingerprint density at radius 3 is 2.90 bits per heavy atom. The molecule has 3 aromatic rings. The van der Waals surface area contributed by atoms with Gasteiger partial charge in [-0.3, -0.25) is 4.79 Å². The lowest BCUT2D eigenvalue weighted by molar-refractivity contribution is -0.113. The summed E-state index contributed by atoms with van der Waals surface area (Å²) in [5.41, 5.74) is 2.30. The van der Waals surface area contributed by atoms with Crippen molar-refractivity contribution in [3.8, 4) is 11.8 Å². The average molecular weight is 449 g/mol. The van der Waals surface area contributed by atoms with Gasteiger partial charge in [-0.25, -0.2) is 0 Å². The first-order valence-corrected chi connectivity index (χ1v) is 10.7. The highest BCUT2D eigenvalue weighted by atomic mass is 35.5. The highest BCUT2D eigenvalue weighted by Crippen LogP contribution is 2.32. The number of nitrogens with one attached hydrogen (secondary N) is 1. The molecule has 1 N–H and O–H groups in total. The van der Waals surface area contributed by atoms with Crippen molar-refractivity contribution in [1.29, 1.82) is 5.26 Å². The van der Waals surface area contributed by atoms with E-state index in [0.29, 0.717) is 27.2 Å². The minimum atomic E-state index is -0.250. The first-order chi connectivity index (χ1) is 13.9. The van der Waals surface area contributed by atoms with Gasteiger partial charge in [0.05, 0.1) is 11.3 Å². The van der Waals surface area contributed by atoms with Crippen molar-refractivity contribution in [2.24, 2.45) is 0 Å². The fourth-order valence-corrected chi connectivity index (χ4v) is 4.07. The van der Waals surface area contributed by atoms with Crippen LogP contribution in [0.25, 0.3) is 0 Å². The summed E-state index contributed by atoms with van der Waals surface area (Å²) in [5.74, 6) is 0.783. The summed E-state index contributed by atoms with van der Waals surface area (Å²) in [6.07, 6.45) is 0. The second-order valence-corrected chi connectivity index (χ2v) is 8.66. The summed E-state index contributed by atoms with van der Waals surface area (Å²) < 4.78 is 11.1. The quantitative estimate of drug-likeness (QED) is 0.513. The van der Waals surface area contributed by atoms with E-state index in [4.69, 9.17) is 20.8 Å². The molecule has 1 aromatic carbocycles. The van der Waals surface area contributed by atoms with Gasteiger partial charge in [-0.05, 0) is 50.1 Å². The molecular formula is C19H17ClN4O3S2. The molecule has 7 nitrogen and oxygen atoms in total. The highest BCUT2D eigenvalue weighted by Gasteiger charge is 2.16. The third-order valence-electron chi connectivity index (χ3n) is 4.02. The lowest BCUT2D eigenvalue weighted by Crippen LogP contribution is -2.13. The number of nitriles is 1. The van der Waals surface area contributed by atoms with Gasteiger partial charge in [-0.2, -0.15) is 5.26 Å². The SMILES string of the molecule is Cc1cc(OCc2nnc(SCC(=O)Nc3sc(C)c(C)c3C#N)o2)ccc1Cl. The molecule has 0 fully saturated rings. The maximum atomic E-state index is 12.2. The third kappa shape index (κ3) is 5.29. The van der Waals surface area contributed by atoms with Crippen molar-refractivity contribution in [3.05, 3.63) is 50.7 Å². The van der Waals surface area contributed by atoms with E-state index in [1.54, 1.807) is 12.1 Å². The van der Waals surface area contributed by atoms with E-state index in [2.05, 4.69) is 21.6 Å². The summed E-state index contributed by atoms with van der Waals surface area (Å²) in [4.78, 5) is 13.2. The number of aryl methyl sites for hydroxylation is 2. The van der Waals surface area contributed by atoms with E-state index >= 15 is 0 Å². The predicted molar refractivity (Wildman–Crippen MR) is 113 cm³/mol. The molecule has 0 aliphatic carbocycles. The van der Waals surface area contributed by atoms with Crippen LogP contribution in [0.15, 0.2) is 27.8 Å². The van der Waals surface area contributed by atoms with Crippen LogP contribution in [0.4, 0.5) is 5.00 Å². The number of aromatic nitrogens is 2. The number of thioether (sulfide) groups is 1. The number of thiophene rings is 1. The van der Waals surface area contributed by atoms with Crippen LogP contribution in [-0.4, -0.2) is 21.9 Å². The minimum absolute atomic E-state index is 0.0831. The Hall–Kier alpha value is -2.54. The van der Waals surface area contributed by atoms with Crippen LogP contribution in [0.5, 0.6) is 5.75 Å². The minimum Gasteiger partial charge on any atom is -0.484 e. The average Bonchev–Trinajstić information content (AvgIpc) is 3.25. The molecule has 3 rings (SSSR count). The molecule has 2 aromatic heterocycles. The van der Waals surface area contributed by atoms with Gasteiger partial charge in [0.2, 0.25) is 5.91 Å². The molecule has 10 heteroatoms. The molecule has 0 aliphatic heterocycles. The summed E-state index contributed by atoms with van der Waals surface area (Å²) in [6, 6.07) is 7.47. The molecule has 0 radical (unpaired) electrons. The van der Waals surface area contributed by atoms with Gasteiger partial charge in [-0.1, -0.05) is 23.4 Å². The van der Waals surface area contributed by atoms with Gasteiger partial charge in [0.1, 0.15) is 16.8 Å². The van der Waals surface area contributed by atoms with Crippen molar-refractivity contribution in [1.82, 2.24) is 10.2 Å². The number of anilines is 1. The van der Waals surface area contributed by atoms with Gasteiger partial charge in [-0.15, -0.1) is 21.5 Å². The fourth-order valence-electron chi connectivity index (χ4n) is 2.35. The number of hydrogen-bond donors (Lipinski definition) is 1. The van der Waals surface area contributed by atoms with E-state index in [1.807, 2.05) is 26.8 Å². The maximum absolute atomic E-state index is 12.2. The van der Waals surface area contributed by atoms with Crippen molar-refractivity contribution < 1.29 is 13.9 Å². The zero-order valence-electron chi connectivity index (χ0n) is 15.9. The summed E-state index contributed by atoms with van der Waals surface area (Å²) in [7, 11) is 0. The molecule has 150 valence electrons. The third-order valence-corrected chi connectivity index (χ3v) is 6.38. The Morgan fingerprint density at radius 2 is 2.17 bits per heavy atom. The lowest BCUT2D eigenvalue weighted by Gasteiger charge is -2.05. The van der Waals surface area contributed by atoms with Crippen LogP contribution >= 0.6 is 34.7 Å². The van der Waals surface area contributed by atoms with E-state index in [9.17, 15) is 10.1 Å². The molecule has 0 aliphatic rings. The van der Waals surface area contributed by atoms with Gasteiger partial charge in [0.25, 0.3) is 11.1 Å². The molecule has 2 heterocycles. The molecule has 0 saturated carbocycles. The lowest BCUT2D eigenvalue weighted by atomic mass is 10.2. The zero-order chi connectivity index (χ0) is 21.0. The number of rotatable bonds is 7.